The zero-order valence-electron chi connectivity index (χ0n) is 18.5. The third-order valence-electron chi connectivity index (χ3n) is 5.16. The van der Waals surface area contributed by atoms with E-state index in [1.54, 1.807) is 41.2 Å². The van der Waals surface area contributed by atoms with E-state index in [0.29, 0.717) is 11.4 Å². The van der Waals surface area contributed by atoms with Gasteiger partial charge in [-0.2, -0.15) is 5.10 Å². The van der Waals surface area contributed by atoms with E-state index in [2.05, 4.69) is 10.4 Å². The van der Waals surface area contributed by atoms with Gasteiger partial charge in [-0.25, -0.2) is 4.39 Å². The standard InChI is InChI=1S/C26H25FN4O2/c1-30(26(20-16-28-31(2)17-20)19-7-6-8-21(27)15-19)18-25(32)29-22-11-13-24(14-12-22)33-23-9-4-3-5-10-23/h3-17,26H,18H2,1-2H3,(H,29,32)/t26-/m1/s1. The number of ether oxygens (including phenoxy) is 1. The van der Waals surface area contributed by atoms with Crippen LogP contribution < -0.4 is 10.1 Å². The predicted molar refractivity (Wildman–Crippen MR) is 126 cm³/mol. The molecule has 0 aliphatic heterocycles. The van der Waals surface area contributed by atoms with E-state index in [4.69, 9.17) is 4.74 Å². The molecule has 0 radical (unpaired) electrons. The molecule has 168 valence electrons. The van der Waals surface area contributed by atoms with Crippen molar-refractivity contribution < 1.29 is 13.9 Å². The average Bonchev–Trinajstić information content (AvgIpc) is 3.21. The van der Waals surface area contributed by atoms with Crippen molar-refractivity contribution in [1.29, 1.82) is 0 Å². The first-order valence-corrected chi connectivity index (χ1v) is 10.5. The Balaban J connectivity index is 1.43. The van der Waals surface area contributed by atoms with Crippen molar-refractivity contribution in [1.82, 2.24) is 14.7 Å². The van der Waals surface area contributed by atoms with E-state index in [9.17, 15) is 9.18 Å². The topological polar surface area (TPSA) is 59.4 Å². The zero-order chi connectivity index (χ0) is 23.2. The van der Waals surface area contributed by atoms with E-state index in [1.807, 2.05) is 61.6 Å². The summed E-state index contributed by atoms with van der Waals surface area (Å²) in [7, 11) is 3.66. The fraction of sp³-hybridized carbons (Fsp3) is 0.154. The van der Waals surface area contributed by atoms with Crippen molar-refractivity contribution in [3.05, 3.63) is 108 Å². The summed E-state index contributed by atoms with van der Waals surface area (Å²) in [5.74, 6) is 0.922. The van der Waals surface area contributed by atoms with Gasteiger partial charge in [0.25, 0.3) is 0 Å². The summed E-state index contributed by atoms with van der Waals surface area (Å²) in [5.41, 5.74) is 2.29. The van der Waals surface area contributed by atoms with Crippen LogP contribution in [0, 0.1) is 5.82 Å². The zero-order valence-corrected chi connectivity index (χ0v) is 18.5. The minimum atomic E-state index is -0.322. The van der Waals surface area contributed by atoms with Gasteiger partial charge in [0, 0.05) is 24.5 Å². The van der Waals surface area contributed by atoms with Crippen molar-refractivity contribution in [2.24, 2.45) is 7.05 Å². The molecule has 6 nitrogen and oxygen atoms in total. The molecule has 33 heavy (non-hydrogen) atoms. The molecule has 4 aromatic rings. The van der Waals surface area contributed by atoms with Gasteiger partial charge in [0.1, 0.15) is 17.3 Å². The third-order valence-corrected chi connectivity index (χ3v) is 5.16. The van der Waals surface area contributed by atoms with Crippen molar-refractivity contribution in [3.8, 4) is 11.5 Å². The Morgan fingerprint density at radius 3 is 2.42 bits per heavy atom. The number of anilines is 1. The van der Waals surface area contributed by atoms with Crippen LogP contribution in [-0.4, -0.2) is 34.2 Å². The number of para-hydroxylation sites is 1. The number of carbonyl (C=O) groups is 1. The Morgan fingerprint density at radius 1 is 1.03 bits per heavy atom. The first-order chi connectivity index (χ1) is 16.0. The van der Waals surface area contributed by atoms with Crippen LogP contribution in [0.1, 0.15) is 17.2 Å². The average molecular weight is 445 g/mol. The molecule has 1 N–H and O–H groups in total. The number of hydrogen-bond donors (Lipinski definition) is 1. The maximum Gasteiger partial charge on any atom is 0.238 e. The number of nitrogens with zero attached hydrogens (tertiary/aromatic N) is 3. The van der Waals surface area contributed by atoms with Gasteiger partial charge in [-0.05, 0) is 61.1 Å². The van der Waals surface area contributed by atoms with Gasteiger partial charge in [-0.1, -0.05) is 30.3 Å². The summed E-state index contributed by atoms with van der Waals surface area (Å²) in [5, 5.41) is 7.14. The highest BCUT2D eigenvalue weighted by atomic mass is 19.1. The van der Waals surface area contributed by atoms with Crippen LogP contribution in [0.15, 0.2) is 91.3 Å². The molecular weight excluding hydrogens is 419 g/mol. The molecular formula is C26H25FN4O2. The number of hydrogen-bond acceptors (Lipinski definition) is 4. The Kier molecular flexibility index (Phi) is 6.80. The minimum absolute atomic E-state index is 0.109. The van der Waals surface area contributed by atoms with Crippen LogP contribution in [0.25, 0.3) is 0 Å². The highest BCUT2D eigenvalue weighted by molar-refractivity contribution is 5.92. The van der Waals surface area contributed by atoms with Gasteiger partial charge in [0.15, 0.2) is 0 Å². The van der Waals surface area contributed by atoms with Crippen molar-refractivity contribution in [2.45, 2.75) is 6.04 Å². The van der Waals surface area contributed by atoms with E-state index < -0.39 is 0 Å². The molecule has 1 heterocycles. The Hall–Kier alpha value is -3.97. The summed E-state index contributed by atoms with van der Waals surface area (Å²) in [6, 6.07) is 22.8. The number of amides is 1. The fourth-order valence-electron chi connectivity index (χ4n) is 3.71. The first-order valence-electron chi connectivity index (χ1n) is 10.5. The molecule has 0 aliphatic rings. The number of aryl methyl sites for hydroxylation is 1. The van der Waals surface area contributed by atoms with E-state index in [-0.39, 0.29) is 24.3 Å². The predicted octanol–water partition coefficient (Wildman–Crippen LogP) is 5.01. The quantitative estimate of drug-likeness (QED) is 0.415. The first kappa shape index (κ1) is 22.2. The molecule has 0 saturated carbocycles. The molecule has 3 aromatic carbocycles. The van der Waals surface area contributed by atoms with Crippen LogP contribution >= 0.6 is 0 Å². The lowest BCUT2D eigenvalue weighted by atomic mass is 10.00. The van der Waals surface area contributed by atoms with Gasteiger partial charge in [0.05, 0.1) is 18.8 Å². The Labute approximate surface area is 192 Å². The van der Waals surface area contributed by atoms with Gasteiger partial charge < -0.3 is 10.1 Å². The molecule has 0 bridgehead atoms. The fourth-order valence-corrected chi connectivity index (χ4v) is 3.71. The number of nitrogens with one attached hydrogen (secondary N) is 1. The van der Waals surface area contributed by atoms with Crippen LogP contribution in [0.3, 0.4) is 0 Å². The van der Waals surface area contributed by atoms with Crippen molar-refractivity contribution in [3.63, 3.8) is 0 Å². The lowest BCUT2D eigenvalue weighted by Gasteiger charge is -2.27. The Bertz CT molecular complexity index is 1210. The molecule has 1 aromatic heterocycles. The molecule has 0 fully saturated rings. The van der Waals surface area contributed by atoms with Gasteiger partial charge in [-0.3, -0.25) is 14.4 Å². The molecule has 4 rings (SSSR count). The second-order valence-corrected chi connectivity index (χ2v) is 7.81. The van der Waals surface area contributed by atoms with E-state index >= 15 is 0 Å². The highest BCUT2D eigenvalue weighted by Gasteiger charge is 2.23. The summed E-state index contributed by atoms with van der Waals surface area (Å²) in [6.07, 6.45) is 3.60. The highest BCUT2D eigenvalue weighted by Crippen LogP contribution is 2.28. The molecule has 1 atom stereocenters. The SMILES string of the molecule is CN(CC(=O)Nc1ccc(Oc2ccccc2)cc1)[C@H](c1cccc(F)c1)c1cnn(C)c1. The molecule has 7 heteroatoms. The monoisotopic (exact) mass is 444 g/mol. The summed E-state index contributed by atoms with van der Waals surface area (Å²) >= 11 is 0. The molecule has 0 aliphatic carbocycles. The maximum atomic E-state index is 13.9. The lowest BCUT2D eigenvalue weighted by Crippen LogP contribution is -2.33. The minimum Gasteiger partial charge on any atom is -0.457 e. The Morgan fingerprint density at radius 2 is 1.76 bits per heavy atom. The van der Waals surface area contributed by atoms with Gasteiger partial charge >= 0.3 is 0 Å². The lowest BCUT2D eigenvalue weighted by molar-refractivity contribution is -0.117. The largest absolute Gasteiger partial charge is 0.457 e. The van der Waals surface area contributed by atoms with E-state index in [1.165, 1.54) is 12.1 Å². The third kappa shape index (κ3) is 5.84. The van der Waals surface area contributed by atoms with Crippen molar-refractivity contribution in [2.75, 3.05) is 18.9 Å². The number of benzene rings is 3. The van der Waals surface area contributed by atoms with Gasteiger partial charge in [-0.15, -0.1) is 0 Å². The smallest absolute Gasteiger partial charge is 0.238 e. The second-order valence-electron chi connectivity index (χ2n) is 7.81. The number of carbonyl (C=O) groups excluding carboxylic acids is 1. The molecule has 0 saturated heterocycles. The van der Waals surface area contributed by atoms with Crippen LogP contribution in [0.5, 0.6) is 11.5 Å². The van der Waals surface area contributed by atoms with Crippen LogP contribution in [0.2, 0.25) is 0 Å². The number of rotatable bonds is 8. The molecule has 0 spiro atoms. The number of likely N-dealkylation sites (N-methyl/N-ethyl adjacent to an activating group) is 1. The van der Waals surface area contributed by atoms with Gasteiger partial charge in [0.2, 0.25) is 5.91 Å². The maximum absolute atomic E-state index is 13.9. The number of aromatic nitrogens is 2. The summed E-state index contributed by atoms with van der Waals surface area (Å²) in [6.45, 7) is 0.109. The van der Waals surface area contributed by atoms with Crippen LogP contribution in [-0.2, 0) is 11.8 Å². The molecule has 1 amide bonds. The normalized spacial score (nSPS) is 11.9. The number of halogens is 1. The second kappa shape index (κ2) is 10.1. The summed E-state index contributed by atoms with van der Waals surface area (Å²) in [4.78, 5) is 14.6. The van der Waals surface area contributed by atoms with E-state index in [0.717, 1.165) is 16.9 Å². The summed E-state index contributed by atoms with van der Waals surface area (Å²) < 4.78 is 21.4. The van der Waals surface area contributed by atoms with Crippen molar-refractivity contribution >= 4 is 11.6 Å². The van der Waals surface area contributed by atoms with Crippen LogP contribution in [0.4, 0.5) is 10.1 Å². The molecule has 0 unspecified atom stereocenters.